The van der Waals surface area contributed by atoms with Gasteiger partial charge in [-0.05, 0) is 49.2 Å². The lowest BCUT2D eigenvalue weighted by Gasteiger charge is -2.16. The highest BCUT2D eigenvalue weighted by Gasteiger charge is 2.19. The van der Waals surface area contributed by atoms with Crippen LogP contribution in [0.4, 0.5) is 5.69 Å². The van der Waals surface area contributed by atoms with E-state index in [-0.39, 0.29) is 12.3 Å². The van der Waals surface area contributed by atoms with Crippen molar-refractivity contribution in [2.45, 2.75) is 32.9 Å². The summed E-state index contributed by atoms with van der Waals surface area (Å²) in [5.74, 6) is -0.988. The van der Waals surface area contributed by atoms with E-state index in [0.717, 1.165) is 11.1 Å². The Hall–Kier alpha value is -2.60. The first kappa shape index (κ1) is 16.8. The van der Waals surface area contributed by atoms with Crippen molar-refractivity contribution < 1.29 is 24.4 Å². The summed E-state index contributed by atoms with van der Waals surface area (Å²) in [6.07, 6.45) is 1.35. The Kier molecular flexibility index (Phi) is 5.54. The van der Waals surface area contributed by atoms with Crippen molar-refractivity contribution in [1.29, 1.82) is 0 Å². The van der Waals surface area contributed by atoms with Crippen LogP contribution in [0.15, 0.2) is 41.0 Å². The highest BCUT2D eigenvalue weighted by molar-refractivity contribution is 5.93. The van der Waals surface area contributed by atoms with Crippen LogP contribution in [0.2, 0.25) is 0 Å². The van der Waals surface area contributed by atoms with E-state index in [0.29, 0.717) is 18.0 Å². The van der Waals surface area contributed by atoms with Crippen LogP contribution in [0.1, 0.15) is 23.3 Å². The SMILES string of the molecule is Cc1cc(C)cc(NC(=O)C[C@H]([NH2+]Cc2ccco2)C(=O)[O-])c1. The van der Waals surface area contributed by atoms with Gasteiger partial charge in [-0.2, -0.15) is 0 Å². The van der Waals surface area contributed by atoms with Gasteiger partial charge in [-0.15, -0.1) is 0 Å². The number of nitrogens with two attached hydrogens (primary N) is 1. The number of carbonyl (C=O) groups is 2. The molecule has 1 heterocycles. The molecule has 0 aliphatic carbocycles. The van der Waals surface area contributed by atoms with Gasteiger partial charge in [0.2, 0.25) is 5.91 Å². The summed E-state index contributed by atoms with van der Waals surface area (Å²) in [6.45, 7) is 4.20. The normalized spacial score (nSPS) is 11.9. The molecule has 23 heavy (non-hydrogen) atoms. The van der Waals surface area contributed by atoms with Crippen LogP contribution in [0.25, 0.3) is 0 Å². The van der Waals surface area contributed by atoms with Crippen LogP contribution in [-0.2, 0) is 16.1 Å². The molecule has 3 N–H and O–H groups in total. The maximum atomic E-state index is 12.1. The molecular formula is C17H20N2O4. The van der Waals surface area contributed by atoms with Crippen molar-refractivity contribution in [2.75, 3.05) is 5.32 Å². The fourth-order valence-electron chi connectivity index (χ4n) is 2.41. The third-order valence-electron chi connectivity index (χ3n) is 3.40. The summed E-state index contributed by atoms with van der Waals surface area (Å²) in [5, 5.41) is 15.5. The number of amides is 1. The number of carbonyl (C=O) groups excluding carboxylic acids is 2. The van der Waals surface area contributed by atoms with Crippen LogP contribution < -0.4 is 15.7 Å². The van der Waals surface area contributed by atoms with E-state index in [4.69, 9.17) is 4.42 Å². The minimum absolute atomic E-state index is 0.171. The van der Waals surface area contributed by atoms with Crippen molar-refractivity contribution in [3.05, 3.63) is 53.5 Å². The molecule has 6 nitrogen and oxygen atoms in total. The van der Waals surface area contributed by atoms with Crippen LogP contribution in [0, 0.1) is 13.8 Å². The monoisotopic (exact) mass is 316 g/mol. The van der Waals surface area contributed by atoms with Crippen molar-refractivity contribution in [3.8, 4) is 0 Å². The summed E-state index contributed by atoms with van der Waals surface area (Å²) in [5.41, 5.74) is 2.72. The molecular weight excluding hydrogens is 296 g/mol. The predicted octanol–water partition coefficient (Wildman–Crippen LogP) is 0.107. The molecule has 1 aromatic carbocycles. The highest BCUT2D eigenvalue weighted by Crippen LogP contribution is 2.14. The van der Waals surface area contributed by atoms with Gasteiger partial charge in [0.05, 0.1) is 18.7 Å². The van der Waals surface area contributed by atoms with E-state index < -0.39 is 12.0 Å². The Labute approximate surface area is 134 Å². The van der Waals surface area contributed by atoms with E-state index >= 15 is 0 Å². The van der Waals surface area contributed by atoms with Crippen molar-refractivity contribution in [1.82, 2.24) is 0 Å². The van der Waals surface area contributed by atoms with Gasteiger partial charge in [-0.3, -0.25) is 4.79 Å². The standard InChI is InChI=1S/C17H20N2O4/c1-11-6-12(2)8-13(7-11)19-16(20)9-15(17(21)22)18-10-14-4-3-5-23-14/h3-8,15,18H,9-10H2,1-2H3,(H,19,20)(H,21,22)/t15-/m0/s1. The Balaban J connectivity index is 1.93. The van der Waals surface area contributed by atoms with E-state index in [1.165, 1.54) is 11.6 Å². The number of furan rings is 1. The first-order valence-electron chi connectivity index (χ1n) is 7.39. The molecule has 122 valence electrons. The zero-order valence-electron chi connectivity index (χ0n) is 13.2. The molecule has 1 atom stereocenters. The molecule has 0 saturated carbocycles. The quantitative estimate of drug-likeness (QED) is 0.757. The number of aryl methyl sites for hydroxylation is 2. The molecule has 2 aromatic rings. The van der Waals surface area contributed by atoms with Gasteiger partial charge in [0.25, 0.3) is 0 Å². The topological polar surface area (TPSA) is 99.0 Å². The van der Waals surface area contributed by atoms with Crippen LogP contribution >= 0.6 is 0 Å². The van der Waals surface area contributed by atoms with Gasteiger partial charge >= 0.3 is 0 Å². The van der Waals surface area contributed by atoms with E-state index in [1.54, 1.807) is 12.1 Å². The summed E-state index contributed by atoms with van der Waals surface area (Å²) >= 11 is 0. The van der Waals surface area contributed by atoms with E-state index in [9.17, 15) is 14.7 Å². The molecule has 0 bridgehead atoms. The van der Waals surface area contributed by atoms with Gasteiger partial charge in [0, 0.05) is 5.69 Å². The number of quaternary nitrogens is 1. The van der Waals surface area contributed by atoms with E-state index in [2.05, 4.69) is 5.32 Å². The first-order valence-corrected chi connectivity index (χ1v) is 7.39. The Morgan fingerprint density at radius 1 is 1.26 bits per heavy atom. The molecule has 0 aliphatic rings. The van der Waals surface area contributed by atoms with E-state index in [1.807, 2.05) is 32.0 Å². The van der Waals surface area contributed by atoms with Gasteiger partial charge in [-0.25, -0.2) is 0 Å². The maximum Gasteiger partial charge on any atom is 0.230 e. The lowest BCUT2D eigenvalue weighted by atomic mass is 10.1. The molecule has 1 amide bonds. The van der Waals surface area contributed by atoms with Crippen molar-refractivity contribution >= 4 is 17.6 Å². The third-order valence-corrected chi connectivity index (χ3v) is 3.40. The second-order valence-corrected chi connectivity index (χ2v) is 5.57. The molecule has 6 heteroatoms. The predicted molar refractivity (Wildman–Crippen MR) is 82.3 cm³/mol. The molecule has 2 rings (SSSR count). The van der Waals surface area contributed by atoms with Crippen LogP contribution in [0.5, 0.6) is 0 Å². The number of hydrogen-bond donors (Lipinski definition) is 2. The summed E-state index contributed by atoms with van der Waals surface area (Å²) in [7, 11) is 0. The van der Waals surface area contributed by atoms with Gasteiger partial charge in [0.15, 0.2) is 5.76 Å². The summed E-state index contributed by atoms with van der Waals surface area (Å²) in [6, 6.07) is 8.18. The van der Waals surface area contributed by atoms with Gasteiger partial charge in [-0.1, -0.05) is 6.07 Å². The lowest BCUT2D eigenvalue weighted by Crippen LogP contribution is -2.92. The number of nitrogens with one attached hydrogen (secondary N) is 1. The average Bonchev–Trinajstić information content (AvgIpc) is 2.95. The van der Waals surface area contributed by atoms with Gasteiger partial charge < -0.3 is 25.0 Å². The third kappa shape index (κ3) is 5.27. The smallest absolute Gasteiger partial charge is 0.230 e. The van der Waals surface area contributed by atoms with Crippen LogP contribution in [-0.4, -0.2) is 17.9 Å². The zero-order chi connectivity index (χ0) is 16.8. The number of aliphatic carboxylic acids is 1. The Morgan fingerprint density at radius 3 is 2.52 bits per heavy atom. The zero-order valence-corrected chi connectivity index (χ0v) is 13.2. The lowest BCUT2D eigenvalue weighted by molar-refractivity contribution is -0.698. The molecule has 0 saturated heterocycles. The molecule has 0 unspecified atom stereocenters. The number of carboxylic acids is 1. The number of hydrogen-bond acceptors (Lipinski definition) is 4. The number of rotatable bonds is 7. The number of anilines is 1. The first-order chi connectivity index (χ1) is 10.9. The minimum Gasteiger partial charge on any atom is -0.544 e. The average molecular weight is 316 g/mol. The largest absolute Gasteiger partial charge is 0.544 e. The summed E-state index contributed by atoms with van der Waals surface area (Å²) < 4.78 is 5.15. The molecule has 0 fully saturated rings. The fourth-order valence-corrected chi connectivity index (χ4v) is 2.41. The highest BCUT2D eigenvalue weighted by atomic mass is 16.4. The number of carboxylic acid groups (broad SMARTS) is 1. The Morgan fingerprint density at radius 2 is 1.96 bits per heavy atom. The molecule has 0 radical (unpaired) electrons. The second kappa shape index (κ2) is 7.60. The molecule has 0 aliphatic heterocycles. The summed E-state index contributed by atoms with van der Waals surface area (Å²) in [4.78, 5) is 23.3. The number of benzene rings is 1. The molecule has 0 spiro atoms. The molecule has 1 aromatic heterocycles. The minimum atomic E-state index is -1.27. The van der Waals surface area contributed by atoms with Crippen LogP contribution in [0.3, 0.4) is 0 Å². The fraction of sp³-hybridized carbons (Fsp3) is 0.294. The van der Waals surface area contributed by atoms with Crippen molar-refractivity contribution in [3.63, 3.8) is 0 Å². The maximum absolute atomic E-state index is 12.1. The van der Waals surface area contributed by atoms with Gasteiger partial charge in [0.1, 0.15) is 12.6 Å². The van der Waals surface area contributed by atoms with Crippen molar-refractivity contribution in [2.24, 2.45) is 0 Å². The Bertz CT molecular complexity index is 660. The second-order valence-electron chi connectivity index (χ2n) is 5.57.